The minimum Gasteiger partial charge on any atom is -0.466 e. The zero-order valence-electron chi connectivity index (χ0n) is 9.33. The number of hydrogen-bond donors (Lipinski definition) is 0. The third-order valence-corrected chi connectivity index (χ3v) is 2.45. The Labute approximate surface area is 100 Å². The number of halogens is 1. The van der Waals surface area contributed by atoms with Gasteiger partial charge in [-0.2, -0.15) is 0 Å². The summed E-state index contributed by atoms with van der Waals surface area (Å²) in [5.74, 6) is -0.141. The number of allylic oxidation sites excluding steroid dienone is 1. The molecule has 3 heteroatoms. The monoisotopic (exact) mass is 238 g/mol. The topological polar surface area (TPSA) is 26.3 Å². The summed E-state index contributed by atoms with van der Waals surface area (Å²) < 4.78 is 4.66. The number of hydrogen-bond acceptors (Lipinski definition) is 2. The molecule has 0 N–H and O–H groups in total. The van der Waals surface area contributed by atoms with Gasteiger partial charge in [0.2, 0.25) is 0 Å². The summed E-state index contributed by atoms with van der Waals surface area (Å²) in [4.78, 5) is 10.5. The number of ether oxygens (including phenoxy) is 1. The average molecular weight is 239 g/mol. The lowest BCUT2D eigenvalue weighted by atomic mass is 10.1. The highest BCUT2D eigenvalue weighted by Crippen LogP contribution is 2.20. The third-order valence-electron chi connectivity index (χ3n) is 2.14. The predicted octanol–water partition coefficient (Wildman–Crippen LogP) is 3.46. The number of esters is 1. The van der Waals surface area contributed by atoms with Crippen molar-refractivity contribution < 1.29 is 9.53 Å². The second-order valence-electron chi connectivity index (χ2n) is 3.33. The van der Waals surface area contributed by atoms with Gasteiger partial charge in [0.05, 0.1) is 6.61 Å². The third kappa shape index (κ3) is 3.38. The van der Waals surface area contributed by atoms with E-state index in [0.717, 1.165) is 5.02 Å². The van der Waals surface area contributed by atoms with Gasteiger partial charge in [0.25, 0.3) is 0 Å². The van der Waals surface area contributed by atoms with E-state index in [1.54, 1.807) is 13.0 Å². The first-order chi connectivity index (χ1) is 7.69. The van der Waals surface area contributed by atoms with Gasteiger partial charge in [-0.3, -0.25) is 4.79 Å². The molecule has 2 rings (SSSR count). The highest BCUT2D eigenvalue weighted by molar-refractivity contribution is 6.31. The minimum absolute atomic E-state index is 0.141. The van der Waals surface area contributed by atoms with Gasteiger partial charge in [0, 0.05) is 16.7 Å². The van der Waals surface area contributed by atoms with Crippen molar-refractivity contribution in [3.63, 3.8) is 0 Å². The first kappa shape index (κ1) is 12.8. The zero-order chi connectivity index (χ0) is 12.0. The summed E-state index contributed by atoms with van der Waals surface area (Å²) in [6, 6.07) is 6.05. The molecule has 0 aromatic rings. The molecule has 0 fully saturated rings. The van der Waals surface area contributed by atoms with Crippen LogP contribution in [-0.4, -0.2) is 12.6 Å². The zero-order valence-corrected chi connectivity index (χ0v) is 10.1. The van der Waals surface area contributed by atoms with Gasteiger partial charge in [0.15, 0.2) is 0 Å². The summed E-state index contributed by atoms with van der Waals surface area (Å²) in [5.41, 5.74) is 0. The number of rotatable bonds is 4. The van der Waals surface area contributed by atoms with Crippen LogP contribution in [0.25, 0.3) is 0 Å². The van der Waals surface area contributed by atoms with Gasteiger partial charge in [-0.25, -0.2) is 0 Å². The molecule has 2 nitrogen and oxygen atoms in total. The highest BCUT2D eigenvalue weighted by atomic mass is 35.5. The van der Waals surface area contributed by atoms with Gasteiger partial charge in [-0.15, -0.1) is 6.58 Å². The smallest absolute Gasteiger partial charge is 0.306 e. The average Bonchev–Trinajstić information content (AvgIpc) is 2.24. The lowest BCUT2D eigenvalue weighted by Gasteiger charge is -2.01. The molecule has 0 saturated carbocycles. The van der Waals surface area contributed by atoms with Crippen molar-refractivity contribution in [2.24, 2.45) is 0 Å². The Kier molecular flexibility index (Phi) is 5.06. The van der Waals surface area contributed by atoms with E-state index in [-0.39, 0.29) is 5.97 Å². The van der Waals surface area contributed by atoms with Crippen molar-refractivity contribution >= 4 is 17.6 Å². The summed E-state index contributed by atoms with van der Waals surface area (Å²) >= 11 is 5.60. The molecule has 0 unspecified atom stereocenters. The summed E-state index contributed by atoms with van der Waals surface area (Å²) in [6.45, 7) is 5.75. The summed E-state index contributed by atoms with van der Waals surface area (Å²) in [7, 11) is 0. The lowest BCUT2D eigenvalue weighted by Crippen LogP contribution is -2.02. The fourth-order valence-corrected chi connectivity index (χ4v) is 1.49. The second kappa shape index (κ2) is 6.33. The molecule has 0 amide bonds. The molecule has 0 spiro atoms. The molecule has 2 aliphatic rings. The van der Waals surface area contributed by atoms with E-state index in [9.17, 15) is 4.79 Å². The first-order valence-electron chi connectivity index (χ1n) is 5.25. The van der Waals surface area contributed by atoms with E-state index in [1.165, 1.54) is 10.4 Å². The molecule has 0 aromatic carbocycles. The Morgan fingerprint density at radius 1 is 1.56 bits per heavy atom. The van der Waals surface area contributed by atoms with Gasteiger partial charge >= 0.3 is 5.97 Å². The van der Waals surface area contributed by atoms with E-state index >= 15 is 0 Å². The predicted molar refractivity (Wildman–Crippen MR) is 65.2 cm³/mol. The van der Waals surface area contributed by atoms with Crippen LogP contribution in [-0.2, 0) is 9.53 Å². The fraction of sp³-hybridized carbons (Fsp3) is 0.308. The highest BCUT2D eigenvalue weighted by Gasteiger charge is 2.00. The molecular weight excluding hydrogens is 224 g/mol. The Morgan fingerprint density at radius 2 is 2.31 bits per heavy atom. The summed E-state index contributed by atoms with van der Waals surface area (Å²) in [6.07, 6.45) is 2.87. The largest absolute Gasteiger partial charge is 0.466 e. The summed E-state index contributed by atoms with van der Waals surface area (Å²) in [5, 5.41) is 3.46. The van der Waals surface area contributed by atoms with E-state index in [4.69, 9.17) is 11.6 Å². The van der Waals surface area contributed by atoms with Crippen LogP contribution in [0.15, 0.2) is 30.9 Å². The van der Waals surface area contributed by atoms with E-state index in [0.29, 0.717) is 19.4 Å². The lowest BCUT2D eigenvalue weighted by molar-refractivity contribution is -0.142. The maximum Gasteiger partial charge on any atom is 0.306 e. The van der Waals surface area contributed by atoms with Crippen LogP contribution < -0.4 is 0 Å². The van der Waals surface area contributed by atoms with Crippen LogP contribution in [0.1, 0.15) is 19.8 Å². The van der Waals surface area contributed by atoms with Crippen molar-refractivity contribution in [1.29, 1.82) is 0 Å². The SMILES string of the molecule is C=CCCC(=O)OCC.Clc1cc2ccc1=2. The second-order valence-corrected chi connectivity index (χ2v) is 3.73. The Morgan fingerprint density at radius 3 is 2.56 bits per heavy atom. The molecule has 0 aromatic heterocycles. The van der Waals surface area contributed by atoms with Crippen LogP contribution in [0.4, 0.5) is 0 Å². The quantitative estimate of drug-likeness (QED) is 0.602. The van der Waals surface area contributed by atoms with E-state index in [1.807, 2.05) is 12.1 Å². The Hall–Kier alpha value is -1.28. The van der Waals surface area contributed by atoms with Crippen molar-refractivity contribution in [3.05, 3.63) is 46.3 Å². The maximum absolute atomic E-state index is 10.5. The van der Waals surface area contributed by atoms with Crippen LogP contribution in [0.2, 0.25) is 5.02 Å². The van der Waals surface area contributed by atoms with Crippen LogP contribution in [0, 0.1) is 10.4 Å². The van der Waals surface area contributed by atoms with E-state index < -0.39 is 0 Å². The number of carbonyl (C=O) groups is 1. The fourth-order valence-electron chi connectivity index (χ4n) is 1.20. The number of carbonyl (C=O) groups excluding carboxylic acids is 1. The minimum atomic E-state index is -0.141. The molecule has 0 bridgehead atoms. The van der Waals surface area contributed by atoms with Gasteiger partial charge in [0.1, 0.15) is 0 Å². The maximum atomic E-state index is 10.5. The van der Waals surface area contributed by atoms with Crippen molar-refractivity contribution in [2.45, 2.75) is 19.8 Å². The van der Waals surface area contributed by atoms with Crippen molar-refractivity contribution in [1.82, 2.24) is 0 Å². The molecular formula is C13H15ClO2. The first-order valence-corrected chi connectivity index (χ1v) is 5.63. The molecule has 0 atom stereocenters. The molecule has 0 radical (unpaired) electrons. The van der Waals surface area contributed by atoms with Crippen LogP contribution in [0.5, 0.6) is 0 Å². The molecule has 0 heterocycles. The van der Waals surface area contributed by atoms with Gasteiger partial charge < -0.3 is 4.74 Å². The van der Waals surface area contributed by atoms with Gasteiger partial charge in [-0.1, -0.05) is 29.8 Å². The van der Waals surface area contributed by atoms with E-state index in [2.05, 4.69) is 17.4 Å². The molecule has 16 heavy (non-hydrogen) atoms. The molecule has 0 aliphatic heterocycles. The number of benzene rings is 1. The Bertz CT molecular complexity index is 465. The normalized spacial score (nSPS) is 9.88. The van der Waals surface area contributed by atoms with Crippen molar-refractivity contribution in [2.75, 3.05) is 6.61 Å². The van der Waals surface area contributed by atoms with Gasteiger partial charge in [-0.05, 0) is 24.6 Å². The molecule has 0 saturated heterocycles. The Balaban J connectivity index is 0.000000163. The molecule has 86 valence electrons. The van der Waals surface area contributed by atoms with Crippen LogP contribution in [0.3, 0.4) is 0 Å². The van der Waals surface area contributed by atoms with Crippen molar-refractivity contribution in [3.8, 4) is 0 Å². The van der Waals surface area contributed by atoms with Crippen LogP contribution >= 0.6 is 11.6 Å². The standard InChI is InChI=1S/C7H12O2.C6H3Cl/c1-3-5-6-7(8)9-4-2;7-6-3-4-1-2-5(4)6/h3H,1,4-6H2,2H3;1-3H. The molecule has 2 aliphatic carbocycles.